The number of halogens is 1. The van der Waals surface area contributed by atoms with Gasteiger partial charge in [0.1, 0.15) is 11.0 Å². The Balaban J connectivity index is 2.26. The lowest BCUT2D eigenvalue weighted by Gasteiger charge is -2.14. The summed E-state index contributed by atoms with van der Waals surface area (Å²) < 4.78 is 0. The summed E-state index contributed by atoms with van der Waals surface area (Å²) in [5.41, 5.74) is 1.01. The van der Waals surface area contributed by atoms with Crippen molar-refractivity contribution >= 4 is 39.9 Å². The molecule has 2 rings (SSSR count). The van der Waals surface area contributed by atoms with E-state index in [1.165, 1.54) is 23.5 Å². The Morgan fingerprint density at radius 3 is 2.60 bits per heavy atom. The maximum absolute atomic E-state index is 11.0. The Bertz CT molecular complexity index is 649. The van der Waals surface area contributed by atoms with Gasteiger partial charge in [0, 0.05) is 10.8 Å². The average Bonchev–Trinajstić information content (AvgIpc) is 2.76. The molecule has 0 amide bonds. The van der Waals surface area contributed by atoms with E-state index in [2.05, 4.69) is 36.1 Å². The van der Waals surface area contributed by atoms with E-state index in [0.29, 0.717) is 10.9 Å². The van der Waals surface area contributed by atoms with Gasteiger partial charge in [-0.15, -0.1) is 11.3 Å². The fraction of sp³-hybridized carbons (Fsp3) is 0.308. The number of hydrogen-bond acceptors (Lipinski definition) is 5. The van der Waals surface area contributed by atoms with Crippen LogP contribution in [0.1, 0.15) is 36.8 Å². The first-order valence-corrected chi connectivity index (χ1v) is 7.15. The van der Waals surface area contributed by atoms with Gasteiger partial charge in [-0.05, 0) is 12.1 Å². The molecular formula is C13H14ClN3O2S. The predicted octanol–water partition coefficient (Wildman–Crippen LogP) is 3.93. The molecule has 0 bridgehead atoms. The standard InChI is InChI=1S/C13H14ClN3O2S/c1-13(2,3)8-6-20-12(15-8)17-10-5-7(11(18)19)4-9(14)16-10/h4-6H,1-3H3,(H,18,19)(H,15,16,17). The van der Waals surface area contributed by atoms with Crippen LogP contribution in [0.2, 0.25) is 5.15 Å². The number of anilines is 2. The number of hydrogen-bond donors (Lipinski definition) is 2. The molecule has 0 radical (unpaired) electrons. The number of pyridine rings is 1. The molecular weight excluding hydrogens is 298 g/mol. The minimum absolute atomic E-state index is 0.0373. The molecule has 0 atom stereocenters. The highest BCUT2D eigenvalue weighted by Crippen LogP contribution is 2.28. The summed E-state index contributed by atoms with van der Waals surface area (Å²) in [7, 11) is 0. The smallest absolute Gasteiger partial charge is 0.335 e. The summed E-state index contributed by atoms with van der Waals surface area (Å²) in [6.07, 6.45) is 0. The number of aromatic nitrogens is 2. The summed E-state index contributed by atoms with van der Waals surface area (Å²) in [5, 5.41) is 14.7. The molecule has 2 aromatic rings. The number of nitrogens with zero attached hydrogens (tertiary/aromatic N) is 2. The summed E-state index contributed by atoms with van der Waals surface area (Å²) in [6.45, 7) is 6.23. The van der Waals surface area contributed by atoms with Crippen molar-refractivity contribution in [3.63, 3.8) is 0 Å². The fourth-order valence-corrected chi connectivity index (χ4v) is 2.62. The average molecular weight is 312 g/mol. The third-order valence-corrected chi connectivity index (χ3v) is 3.50. The van der Waals surface area contributed by atoms with Crippen LogP contribution in [0.25, 0.3) is 0 Å². The van der Waals surface area contributed by atoms with Crippen molar-refractivity contribution in [3.05, 3.63) is 33.9 Å². The Kier molecular flexibility index (Phi) is 3.96. The highest BCUT2D eigenvalue weighted by molar-refractivity contribution is 7.13. The second kappa shape index (κ2) is 5.38. The SMILES string of the molecule is CC(C)(C)c1csc(Nc2cc(C(=O)O)cc(Cl)n2)n1. The van der Waals surface area contributed by atoms with Gasteiger partial charge in [0.15, 0.2) is 5.13 Å². The summed E-state index contributed by atoms with van der Waals surface area (Å²) in [6, 6.07) is 2.73. The zero-order valence-electron chi connectivity index (χ0n) is 11.3. The molecule has 0 aliphatic heterocycles. The van der Waals surface area contributed by atoms with Gasteiger partial charge in [0.25, 0.3) is 0 Å². The monoisotopic (exact) mass is 311 g/mol. The van der Waals surface area contributed by atoms with Gasteiger partial charge in [-0.3, -0.25) is 0 Å². The summed E-state index contributed by atoms with van der Waals surface area (Å²) in [5.74, 6) is -0.684. The van der Waals surface area contributed by atoms with Gasteiger partial charge >= 0.3 is 5.97 Å². The molecule has 2 N–H and O–H groups in total. The van der Waals surface area contributed by atoms with Crippen LogP contribution in [0.5, 0.6) is 0 Å². The third kappa shape index (κ3) is 3.46. The van der Waals surface area contributed by atoms with Crippen LogP contribution in [0.4, 0.5) is 10.9 Å². The molecule has 7 heteroatoms. The lowest BCUT2D eigenvalue weighted by Crippen LogP contribution is -2.11. The predicted molar refractivity (Wildman–Crippen MR) is 80.3 cm³/mol. The molecule has 0 saturated heterocycles. The number of carboxylic acids is 1. The molecule has 0 aliphatic carbocycles. The first kappa shape index (κ1) is 14.7. The molecule has 106 valence electrons. The maximum atomic E-state index is 11.0. The van der Waals surface area contributed by atoms with Gasteiger partial charge in [0.05, 0.1) is 11.3 Å². The first-order chi connectivity index (χ1) is 9.25. The van der Waals surface area contributed by atoms with Gasteiger partial charge in [-0.2, -0.15) is 0 Å². The van der Waals surface area contributed by atoms with E-state index < -0.39 is 5.97 Å². The Labute approximate surface area is 125 Å². The zero-order chi connectivity index (χ0) is 14.9. The minimum atomic E-state index is -1.05. The summed E-state index contributed by atoms with van der Waals surface area (Å²) in [4.78, 5) is 19.5. The first-order valence-electron chi connectivity index (χ1n) is 5.89. The Hall–Kier alpha value is -1.66. The molecule has 0 fully saturated rings. The van der Waals surface area contributed by atoms with Gasteiger partial charge in [-0.25, -0.2) is 14.8 Å². The van der Waals surface area contributed by atoms with Crippen molar-refractivity contribution in [2.75, 3.05) is 5.32 Å². The number of aromatic carboxylic acids is 1. The van der Waals surface area contributed by atoms with E-state index in [1.54, 1.807) is 0 Å². The van der Waals surface area contributed by atoms with Gasteiger partial charge in [-0.1, -0.05) is 32.4 Å². The number of nitrogens with one attached hydrogen (secondary N) is 1. The van der Waals surface area contributed by atoms with Gasteiger partial charge in [0.2, 0.25) is 0 Å². The molecule has 20 heavy (non-hydrogen) atoms. The molecule has 5 nitrogen and oxygen atoms in total. The van der Waals surface area contributed by atoms with Crippen LogP contribution in [0.15, 0.2) is 17.5 Å². The molecule has 2 aromatic heterocycles. The number of carboxylic acid groups (broad SMARTS) is 1. The molecule has 0 unspecified atom stereocenters. The van der Waals surface area contributed by atoms with Crippen LogP contribution in [-0.4, -0.2) is 21.0 Å². The highest BCUT2D eigenvalue weighted by atomic mass is 35.5. The van der Waals surface area contributed by atoms with Crippen molar-refractivity contribution < 1.29 is 9.90 Å². The van der Waals surface area contributed by atoms with E-state index in [-0.39, 0.29) is 16.1 Å². The number of rotatable bonds is 3. The van der Waals surface area contributed by atoms with Crippen LogP contribution in [-0.2, 0) is 5.41 Å². The van der Waals surface area contributed by atoms with Crippen molar-refractivity contribution in [1.29, 1.82) is 0 Å². The largest absolute Gasteiger partial charge is 0.478 e. The quantitative estimate of drug-likeness (QED) is 0.840. The lowest BCUT2D eigenvalue weighted by atomic mass is 9.93. The van der Waals surface area contributed by atoms with E-state index in [0.717, 1.165) is 5.69 Å². The van der Waals surface area contributed by atoms with Crippen molar-refractivity contribution in [3.8, 4) is 0 Å². The van der Waals surface area contributed by atoms with Crippen LogP contribution < -0.4 is 5.32 Å². The molecule has 0 spiro atoms. The van der Waals surface area contributed by atoms with E-state index in [1.807, 2.05) is 5.38 Å². The molecule has 0 aliphatic rings. The number of thiazole rings is 1. The van der Waals surface area contributed by atoms with Crippen LogP contribution in [0.3, 0.4) is 0 Å². The Morgan fingerprint density at radius 2 is 2.05 bits per heavy atom. The van der Waals surface area contributed by atoms with Crippen LogP contribution in [0, 0.1) is 0 Å². The topological polar surface area (TPSA) is 75.1 Å². The van der Waals surface area contributed by atoms with Crippen molar-refractivity contribution in [2.45, 2.75) is 26.2 Å². The minimum Gasteiger partial charge on any atom is -0.478 e. The van der Waals surface area contributed by atoms with E-state index in [4.69, 9.17) is 16.7 Å². The second-order valence-corrected chi connectivity index (χ2v) is 6.53. The van der Waals surface area contributed by atoms with Crippen molar-refractivity contribution in [1.82, 2.24) is 9.97 Å². The lowest BCUT2D eigenvalue weighted by molar-refractivity contribution is 0.0697. The van der Waals surface area contributed by atoms with Crippen LogP contribution >= 0.6 is 22.9 Å². The maximum Gasteiger partial charge on any atom is 0.335 e. The molecule has 2 heterocycles. The zero-order valence-corrected chi connectivity index (χ0v) is 12.8. The fourth-order valence-electron chi connectivity index (χ4n) is 1.47. The van der Waals surface area contributed by atoms with Crippen molar-refractivity contribution in [2.24, 2.45) is 0 Å². The summed E-state index contributed by atoms with van der Waals surface area (Å²) >= 11 is 7.25. The second-order valence-electron chi connectivity index (χ2n) is 5.28. The molecule has 0 aromatic carbocycles. The third-order valence-electron chi connectivity index (χ3n) is 2.55. The number of carbonyl (C=O) groups is 1. The Morgan fingerprint density at radius 1 is 1.35 bits per heavy atom. The van der Waals surface area contributed by atoms with E-state index in [9.17, 15) is 4.79 Å². The molecule has 0 saturated carbocycles. The normalized spacial score (nSPS) is 11.4. The van der Waals surface area contributed by atoms with Gasteiger partial charge < -0.3 is 10.4 Å². The van der Waals surface area contributed by atoms with E-state index >= 15 is 0 Å². The highest BCUT2D eigenvalue weighted by Gasteiger charge is 2.17.